The molecule has 0 aliphatic carbocycles. The van der Waals surface area contributed by atoms with Crippen LogP contribution >= 0.6 is 0 Å². The van der Waals surface area contributed by atoms with Gasteiger partial charge in [-0.1, -0.05) is 59.2 Å². The van der Waals surface area contributed by atoms with Crippen LogP contribution in [0.5, 0.6) is 5.75 Å². The van der Waals surface area contributed by atoms with E-state index in [2.05, 4.69) is 43.7 Å². The Hall–Kier alpha value is -3.56. The van der Waals surface area contributed by atoms with Crippen molar-refractivity contribution in [3.63, 3.8) is 0 Å². The van der Waals surface area contributed by atoms with Crippen molar-refractivity contribution in [1.82, 2.24) is 29.0 Å². The molecule has 50 heavy (non-hydrogen) atoms. The molecule has 1 saturated heterocycles. The summed E-state index contributed by atoms with van der Waals surface area (Å²) in [5.41, 5.74) is 9.20. The molecule has 3 N–H and O–H groups in total. The van der Waals surface area contributed by atoms with Crippen LogP contribution in [0.25, 0.3) is 22.4 Å². The average molecular weight is 724 g/mol. The number of H-pyrrole nitrogens is 1. The van der Waals surface area contributed by atoms with Gasteiger partial charge in [0.15, 0.2) is 14.6 Å². The Bertz CT molecular complexity index is 1950. The Kier molecular flexibility index (Phi) is 11.9. The van der Waals surface area contributed by atoms with Gasteiger partial charge in [-0.3, -0.25) is 14.4 Å². The number of fused-ring (bicyclic) bond motifs is 1. The highest BCUT2D eigenvalue weighted by Crippen LogP contribution is 2.33. The van der Waals surface area contributed by atoms with E-state index in [1.165, 1.54) is 4.31 Å². The largest absolute Gasteiger partial charge is 0.493 e. The molecule has 1 aliphatic rings. The number of hydrogen-bond acceptors (Lipinski definition) is 9. The number of nitrogens with zero attached hydrogens (tertiary/aromatic N) is 5. The van der Waals surface area contributed by atoms with E-state index in [0.717, 1.165) is 24.9 Å². The van der Waals surface area contributed by atoms with E-state index in [-0.39, 0.29) is 27.8 Å². The Labute approximate surface area is 297 Å². The number of rotatable bonds is 14. The van der Waals surface area contributed by atoms with Crippen LogP contribution in [0.2, 0.25) is 13.1 Å². The third-order valence-electron chi connectivity index (χ3n) is 8.99. The summed E-state index contributed by atoms with van der Waals surface area (Å²) >= 11 is 0. The van der Waals surface area contributed by atoms with E-state index in [1.807, 2.05) is 38.1 Å². The predicted octanol–water partition coefficient (Wildman–Crippen LogP) is 4.88. The van der Waals surface area contributed by atoms with Crippen molar-refractivity contribution in [1.29, 1.82) is 0 Å². The van der Waals surface area contributed by atoms with E-state index >= 15 is 0 Å². The summed E-state index contributed by atoms with van der Waals surface area (Å²) in [4.78, 5) is 24.1. The first kappa shape index (κ1) is 37.7. The van der Waals surface area contributed by atoms with Crippen molar-refractivity contribution in [2.75, 3.05) is 45.1 Å². The second-order valence-corrected chi connectivity index (χ2v) is 18.7. The lowest BCUT2D eigenvalue weighted by molar-refractivity contribution is 0.0378. The predicted molar refractivity (Wildman–Crippen MR) is 202 cm³/mol. The summed E-state index contributed by atoms with van der Waals surface area (Å²) in [6.45, 7) is 18.4. The van der Waals surface area contributed by atoms with Gasteiger partial charge in [0.05, 0.1) is 35.4 Å². The van der Waals surface area contributed by atoms with Crippen LogP contribution in [0.1, 0.15) is 58.7 Å². The van der Waals surface area contributed by atoms with Crippen LogP contribution in [-0.4, -0.2) is 91.8 Å². The number of anilines is 1. The van der Waals surface area contributed by atoms with Gasteiger partial charge in [-0.05, 0) is 61.2 Å². The van der Waals surface area contributed by atoms with E-state index in [1.54, 1.807) is 22.9 Å². The normalized spacial score (nSPS) is 15.6. The Morgan fingerprint density at radius 3 is 2.40 bits per heavy atom. The lowest BCUT2D eigenvalue weighted by Gasteiger charge is -2.40. The number of aryl methyl sites for hydroxylation is 1. The van der Waals surface area contributed by atoms with Crippen molar-refractivity contribution in [3.05, 3.63) is 64.1 Å². The fraction of sp³-hybridized carbons (Fsp3) is 0.528. The third-order valence-corrected chi connectivity index (χ3v) is 11.8. The highest BCUT2D eigenvalue weighted by Gasteiger charge is 2.33. The smallest absolute Gasteiger partial charge is 0.277 e. The number of nitrogens with one attached hydrogen (secondary N) is 1. The number of nitrogens with two attached hydrogens (primary N) is 1. The minimum Gasteiger partial charge on any atom is -0.493 e. The van der Waals surface area contributed by atoms with Gasteiger partial charge in [-0.15, -0.1) is 0 Å². The third kappa shape index (κ3) is 8.48. The summed E-state index contributed by atoms with van der Waals surface area (Å²) < 4.78 is 43.8. The molecule has 12 nitrogen and oxygen atoms in total. The lowest BCUT2D eigenvalue weighted by Crippen LogP contribution is -2.52. The first-order valence-electron chi connectivity index (χ1n) is 17.7. The fourth-order valence-corrected chi connectivity index (χ4v) is 8.82. The van der Waals surface area contributed by atoms with Gasteiger partial charge in [-0.2, -0.15) is 9.40 Å². The molecular formula is C36H53N7O5SSi. The maximum absolute atomic E-state index is 14.1. The van der Waals surface area contributed by atoms with Crippen LogP contribution in [0.4, 0.5) is 5.69 Å². The van der Waals surface area contributed by atoms with Gasteiger partial charge in [-0.25, -0.2) is 13.4 Å². The number of hydrogen-bond donors (Lipinski definition) is 2. The van der Waals surface area contributed by atoms with Crippen molar-refractivity contribution in [3.8, 4) is 17.1 Å². The molecule has 0 radical (unpaired) electrons. The number of aromatic amines is 1. The van der Waals surface area contributed by atoms with Crippen molar-refractivity contribution in [2.24, 2.45) is 5.41 Å². The number of para-hydroxylation sites is 1. The summed E-state index contributed by atoms with van der Waals surface area (Å²) in [5.74, 6) is 0.676. The zero-order chi connectivity index (χ0) is 36.2. The molecule has 0 spiro atoms. The summed E-state index contributed by atoms with van der Waals surface area (Å²) in [6.07, 6.45) is 2.26. The topological polar surface area (TPSA) is 149 Å². The highest BCUT2D eigenvalue weighted by molar-refractivity contribution is 7.89. The molecule has 4 aromatic rings. The lowest BCUT2D eigenvalue weighted by atomic mass is 9.89. The van der Waals surface area contributed by atoms with Crippen molar-refractivity contribution >= 4 is 35.8 Å². The maximum Gasteiger partial charge on any atom is 0.277 e. The number of ether oxygens (including phenoxy) is 1. The van der Waals surface area contributed by atoms with E-state index in [9.17, 15) is 13.2 Å². The second kappa shape index (κ2) is 15.8. The molecule has 5 rings (SSSR count). The van der Waals surface area contributed by atoms with Gasteiger partial charge in [0.1, 0.15) is 17.1 Å². The zero-order valence-corrected chi connectivity index (χ0v) is 32.5. The van der Waals surface area contributed by atoms with Gasteiger partial charge in [0.25, 0.3) is 5.56 Å². The summed E-state index contributed by atoms with van der Waals surface area (Å²) in [6, 6.07) is 12.3. The first-order chi connectivity index (χ1) is 23.7. The standard InChI is InChI=1S/C36H53N7O5SSi/c1-8-12-29-32-33(43(40-29)23-25-13-10-11-14-28(25)37)35(44)39-34(38-32)27-22-26(15-16-30(27)47-21-9-2)49(45,46)42-19-17-41(18-20-42)24-31(36(3,4)5)48-50(6)7/h10-11,13-16,22,31,50H,8-9,12,17-21,23-24,37H2,1-7H3,(H,38,39,44). The molecule has 1 atom stereocenters. The molecule has 2 aromatic heterocycles. The molecule has 1 unspecified atom stereocenters. The maximum atomic E-state index is 14.1. The van der Waals surface area contributed by atoms with Gasteiger partial charge in [0.2, 0.25) is 10.0 Å². The molecule has 3 heterocycles. The monoisotopic (exact) mass is 723 g/mol. The van der Waals surface area contributed by atoms with Crippen LogP contribution in [-0.2, 0) is 27.4 Å². The Balaban J connectivity index is 1.47. The molecular weight excluding hydrogens is 671 g/mol. The molecule has 0 amide bonds. The minimum atomic E-state index is -3.85. The number of sulfonamides is 1. The molecule has 272 valence electrons. The zero-order valence-electron chi connectivity index (χ0n) is 30.5. The quantitative estimate of drug-likeness (QED) is 0.137. The van der Waals surface area contributed by atoms with Crippen molar-refractivity contribution < 1.29 is 17.6 Å². The number of benzene rings is 2. The van der Waals surface area contributed by atoms with E-state index in [4.69, 9.17) is 25.0 Å². The molecule has 0 saturated carbocycles. The van der Waals surface area contributed by atoms with Gasteiger partial charge >= 0.3 is 0 Å². The molecule has 1 fully saturated rings. The number of aromatic nitrogens is 4. The average Bonchev–Trinajstić information content (AvgIpc) is 3.41. The minimum absolute atomic E-state index is 0.0115. The molecule has 14 heteroatoms. The fourth-order valence-electron chi connectivity index (χ4n) is 6.22. The van der Waals surface area contributed by atoms with E-state index in [0.29, 0.717) is 79.5 Å². The van der Waals surface area contributed by atoms with E-state index < -0.39 is 19.1 Å². The molecule has 1 aliphatic heterocycles. The van der Waals surface area contributed by atoms with Crippen LogP contribution < -0.4 is 16.0 Å². The number of piperazine rings is 1. The van der Waals surface area contributed by atoms with Gasteiger partial charge < -0.3 is 19.9 Å². The van der Waals surface area contributed by atoms with Crippen molar-refractivity contribution in [2.45, 2.75) is 84.5 Å². The Morgan fingerprint density at radius 2 is 1.76 bits per heavy atom. The summed E-state index contributed by atoms with van der Waals surface area (Å²) in [7, 11) is -5.10. The highest BCUT2D eigenvalue weighted by atomic mass is 32.2. The molecule has 2 aromatic carbocycles. The summed E-state index contributed by atoms with van der Waals surface area (Å²) in [5, 5.41) is 4.79. The number of nitrogen functional groups attached to an aromatic ring is 1. The second-order valence-electron chi connectivity index (χ2n) is 14.4. The first-order valence-corrected chi connectivity index (χ1v) is 21.9. The SMILES string of the molecule is CCCOc1ccc(S(=O)(=O)N2CCN(CC(O[SiH](C)C)C(C)(C)C)CC2)cc1-c1nc2c(CCC)nn(Cc3ccccc3N)c2c(=O)[nH]1. The van der Waals surface area contributed by atoms with Crippen LogP contribution in [0, 0.1) is 5.41 Å². The Morgan fingerprint density at radius 1 is 1.04 bits per heavy atom. The molecule has 0 bridgehead atoms. The van der Waals surface area contributed by atoms with Crippen LogP contribution in [0.15, 0.2) is 52.2 Å². The van der Waals surface area contributed by atoms with Gasteiger partial charge in [0, 0.05) is 38.4 Å². The van der Waals surface area contributed by atoms with Crippen LogP contribution in [0.3, 0.4) is 0 Å².